The lowest BCUT2D eigenvalue weighted by atomic mass is 9.69. The molecular weight excluding hydrogens is 316 g/mol. The molecule has 2 nitrogen and oxygen atoms in total. The minimum Gasteiger partial charge on any atom is -0.381 e. The highest BCUT2D eigenvalue weighted by Crippen LogP contribution is 2.43. The molecule has 1 saturated heterocycles. The Morgan fingerprint density at radius 3 is 2.20 bits per heavy atom. The van der Waals surface area contributed by atoms with Gasteiger partial charge in [-0.1, -0.05) is 36.7 Å². The first-order valence-corrected chi connectivity index (χ1v) is 9.35. The van der Waals surface area contributed by atoms with Crippen molar-refractivity contribution in [1.82, 2.24) is 0 Å². The van der Waals surface area contributed by atoms with Crippen LogP contribution < -0.4 is 0 Å². The van der Waals surface area contributed by atoms with E-state index in [0.29, 0.717) is 11.3 Å². The first-order chi connectivity index (χ1) is 9.45. The molecule has 0 N–H and O–H groups in total. The molecule has 0 radical (unpaired) electrons. The van der Waals surface area contributed by atoms with Gasteiger partial charge in [-0.15, -0.1) is 0 Å². The largest absolute Gasteiger partial charge is 0.381 e. The van der Waals surface area contributed by atoms with E-state index in [0.717, 1.165) is 31.1 Å². The van der Waals surface area contributed by atoms with Gasteiger partial charge in [-0.05, 0) is 55.8 Å². The molecule has 1 aliphatic carbocycles. The van der Waals surface area contributed by atoms with Crippen LogP contribution in [0.15, 0.2) is 0 Å². The van der Waals surface area contributed by atoms with Gasteiger partial charge < -0.3 is 9.47 Å². The molecule has 118 valence electrons. The van der Waals surface area contributed by atoms with Crippen LogP contribution in [0.5, 0.6) is 0 Å². The van der Waals surface area contributed by atoms with Gasteiger partial charge >= 0.3 is 0 Å². The third-order valence-electron chi connectivity index (χ3n) is 5.33. The second kappa shape index (κ2) is 7.11. The van der Waals surface area contributed by atoms with Gasteiger partial charge in [-0.2, -0.15) is 0 Å². The van der Waals surface area contributed by atoms with E-state index in [1.54, 1.807) is 0 Å². The van der Waals surface area contributed by atoms with E-state index >= 15 is 0 Å². The van der Waals surface area contributed by atoms with E-state index in [4.69, 9.17) is 9.47 Å². The van der Waals surface area contributed by atoms with E-state index in [1.165, 1.54) is 38.5 Å². The quantitative estimate of drug-likeness (QED) is 0.680. The molecule has 1 saturated carbocycles. The molecule has 1 aliphatic heterocycles. The Labute approximate surface area is 133 Å². The van der Waals surface area contributed by atoms with Crippen molar-refractivity contribution in [3.05, 3.63) is 0 Å². The summed E-state index contributed by atoms with van der Waals surface area (Å²) in [6.45, 7) is 9.89. The number of hydrogen-bond donors (Lipinski definition) is 0. The summed E-state index contributed by atoms with van der Waals surface area (Å²) in [6.07, 6.45) is 7.38. The number of hydrogen-bond acceptors (Lipinski definition) is 2. The fourth-order valence-corrected chi connectivity index (χ4v) is 4.26. The first-order valence-electron chi connectivity index (χ1n) is 8.23. The zero-order valence-corrected chi connectivity index (χ0v) is 15.0. The lowest BCUT2D eigenvalue weighted by Gasteiger charge is -2.44. The van der Waals surface area contributed by atoms with Crippen molar-refractivity contribution in [3.63, 3.8) is 0 Å². The van der Waals surface area contributed by atoms with Crippen molar-refractivity contribution < 1.29 is 9.47 Å². The van der Waals surface area contributed by atoms with Crippen LogP contribution in [0.2, 0.25) is 0 Å². The van der Waals surface area contributed by atoms with Crippen molar-refractivity contribution in [2.24, 2.45) is 17.3 Å². The fraction of sp³-hybridized carbons (Fsp3) is 1.00. The molecule has 0 aromatic rings. The van der Waals surface area contributed by atoms with Gasteiger partial charge in [-0.3, -0.25) is 0 Å². The normalized spacial score (nSPS) is 33.3. The molecule has 2 fully saturated rings. The van der Waals surface area contributed by atoms with Crippen LogP contribution in [0.3, 0.4) is 0 Å². The number of ether oxygens (including phenoxy) is 2. The molecule has 2 rings (SSSR count). The smallest absolute Gasteiger partial charge is 0.0779 e. The summed E-state index contributed by atoms with van der Waals surface area (Å²) in [5.74, 6) is 1.56. The molecule has 2 aliphatic rings. The van der Waals surface area contributed by atoms with Crippen molar-refractivity contribution in [1.29, 1.82) is 0 Å². The molecule has 0 aromatic carbocycles. The predicted molar refractivity (Wildman–Crippen MR) is 87.4 cm³/mol. The van der Waals surface area contributed by atoms with Crippen LogP contribution in [0, 0.1) is 17.3 Å². The van der Waals surface area contributed by atoms with Crippen molar-refractivity contribution in [2.45, 2.75) is 64.9 Å². The summed E-state index contributed by atoms with van der Waals surface area (Å²) < 4.78 is 11.8. The molecule has 0 spiro atoms. The van der Waals surface area contributed by atoms with Gasteiger partial charge in [0.2, 0.25) is 0 Å². The van der Waals surface area contributed by atoms with Crippen LogP contribution in [0.25, 0.3) is 0 Å². The molecule has 0 atom stereocenters. The highest BCUT2D eigenvalue weighted by atomic mass is 79.9. The highest BCUT2D eigenvalue weighted by molar-refractivity contribution is 9.09. The van der Waals surface area contributed by atoms with E-state index in [9.17, 15) is 0 Å². The minimum absolute atomic E-state index is 0.0973. The Morgan fingerprint density at radius 1 is 1.10 bits per heavy atom. The minimum atomic E-state index is 0.0973. The lowest BCUT2D eigenvalue weighted by Crippen LogP contribution is -2.42. The van der Waals surface area contributed by atoms with E-state index in [2.05, 4.69) is 36.7 Å². The van der Waals surface area contributed by atoms with E-state index in [-0.39, 0.29) is 5.60 Å². The van der Waals surface area contributed by atoms with Crippen LogP contribution in [0.1, 0.15) is 59.3 Å². The molecule has 1 heterocycles. The Bertz CT molecular complexity index is 284. The van der Waals surface area contributed by atoms with E-state index in [1.807, 2.05) is 0 Å². The fourth-order valence-electron chi connectivity index (χ4n) is 3.53. The SMILES string of the molecule is CC(C)(C)C1CCC(CBr)(OCC2CCOCC2)CC1. The van der Waals surface area contributed by atoms with Gasteiger partial charge in [0.05, 0.1) is 12.2 Å². The number of halogens is 1. The second-order valence-electron chi connectivity index (χ2n) is 7.82. The molecule has 0 aromatic heterocycles. The maximum Gasteiger partial charge on any atom is 0.0779 e. The summed E-state index contributed by atoms with van der Waals surface area (Å²) in [4.78, 5) is 0. The van der Waals surface area contributed by atoms with Crippen molar-refractivity contribution in [3.8, 4) is 0 Å². The Morgan fingerprint density at radius 2 is 1.70 bits per heavy atom. The zero-order chi connectivity index (χ0) is 14.6. The van der Waals surface area contributed by atoms with Crippen LogP contribution in [-0.2, 0) is 9.47 Å². The molecule has 20 heavy (non-hydrogen) atoms. The van der Waals surface area contributed by atoms with Gasteiger partial charge in [-0.25, -0.2) is 0 Å². The Hall–Kier alpha value is 0.400. The van der Waals surface area contributed by atoms with Crippen LogP contribution >= 0.6 is 15.9 Å². The molecule has 0 unspecified atom stereocenters. The third kappa shape index (κ3) is 4.45. The maximum absolute atomic E-state index is 6.42. The Kier molecular flexibility index (Phi) is 5.96. The summed E-state index contributed by atoms with van der Waals surface area (Å²) in [5.41, 5.74) is 0.541. The standard InChI is InChI=1S/C17H31BrO2/c1-16(2,3)15-4-8-17(13-18,9-5-15)20-12-14-6-10-19-11-7-14/h14-15H,4-13H2,1-3H3. The predicted octanol–water partition coefficient (Wildman–Crippen LogP) is 4.80. The van der Waals surface area contributed by atoms with Gasteiger partial charge in [0, 0.05) is 18.5 Å². The topological polar surface area (TPSA) is 18.5 Å². The van der Waals surface area contributed by atoms with Crippen LogP contribution in [-0.4, -0.2) is 30.8 Å². The number of alkyl halides is 1. The molecule has 0 amide bonds. The summed E-state index contributed by atoms with van der Waals surface area (Å²) in [6, 6.07) is 0. The molecule has 0 bridgehead atoms. The highest BCUT2D eigenvalue weighted by Gasteiger charge is 2.39. The van der Waals surface area contributed by atoms with Crippen molar-refractivity contribution in [2.75, 3.05) is 25.2 Å². The lowest BCUT2D eigenvalue weighted by molar-refractivity contribution is -0.0919. The monoisotopic (exact) mass is 346 g/mol. The third-order valence-corrected chi connectivity index (χ3v) is 6.35. The average molecular weight is 347 g/mol. The van der Waals surface area contributed by atoms with Gasteiger partial charge in [0.1, 0.15) is 0 Å². The Balaban J connectivity index is 1.82. The first kappa shape index (κ1) is 16.8. The van der Waals surface area contributed by atoms with E-state index < -0.39 is 0 Å². The van der Waals surface area contributed by atoms with Crippen molar-refractivity contribution >= 4 is 15.9 Å². The second-order valence-corrected chi connectivity index (χ2v) is 8.38. The summed E-state index contributed by atoms with van der Waals surface area (Å²) >= 11 is 3.71. The van der Waals surface area contributed by atoms with Gasteiger partial charge in [0.15, 0.2) is 0 Å². The summed E-state index contributed by atoms with van der Waals surface area (Å²) in [7, 11) is 0. The summed E-state index contributed by atoms with van der Waals surface area (Å²) in [5, 5.41) is 0.986. The number of rotatable bonds is 4. The molecule has 3 heteroatoms. The van der Waals surface area contributed by atoms with Crippen LogP contribution in [0.4, 0.5) is 0 Å². The molecular formula is C17H31BrO2. The van der Waals surface area contributed by atoms with Gasteiger partial charge in [0.25, 0.3) is 0 Å². The zero-order valence-electron chi connectivity index (χ0n) is 13.4. The maximum atomic E-state index is 6.42. The average Bonchev–Trinajstić information content (AvgIpc) is 2.46.